The Morgan fingerprint density at radius 1 is 1.22 bits per heavy atom. The van der Waals surface area contributed by atoms with Crippen molar-refractivity contribution in [1.82, 2.24) is 9.97 Å². The van der Waals surface area contributed by atoms with Crippen LogP contribution in [0.5, 0.6) is 0 Å². The first-order valence-electron chi connectivity index (χ1n) is 6.17. The number of rotatable bonds is 4. The van der Waals surface area contributed by atoms with Crippen molar-refractivity contribution in [3.8, 4) is 0 Å². The van der Waals surface area contributed by atoms with Crippen LogP contribution >= 0.6 is 11.3 Å². The second-order valence-electron chi connectivity index (χ2n) is 4.84. The van der Waals surface area contributed by atoms with E-state index in [0.717, 1.165) is 23.9 Å². The van der Waals surface area contributed by atoms with Gasteiger partial charge in [-0.25, -0.2) is 9.97 Å². The van der Waals surface area contributed by atoms with Gasteiger partial charge in [0.1, 0.15) is 11.6 Å². The van der Waals surface area contributed by atoms with Crippen molar-refractivity contribution in [3.63, 3.8) is 0 Å². The third-order valence-corrected chi connectivity index (χ3v) is 3.72. The van der Waals surface area contributed by atoms with E-state index < -0.39 is 0 Å². The summed E-state index contributed by atoms with van der Waals surface area (Å²) in [5.74, 6) is 2.17. The van der Waals surface area contributed by atoms with Crippen LogP contribution in [0.25, 0.3) is 0 Å². The Bertz CT molecular complexity index is 532. The first-order valence-corrected chi connectivity index (χ1v) is 7.11. The third-order valence-electron chi connectivity index (χ3n) is 2.81. The summed E-state index contributed by atoms with van der Waals surface area (Å²) in [5, 5.41) is 7.73. The predicted octanol–water partition coefficient (Wildman–Crippen LogP) is 3.89. The zero-order chi connectivity index (χ0) is 13.1. The molecule has 2 heterocycles. The Morgan fingerprint density at radius 2 is 2.00 bits per heavy atom. The first kappa shape index (κ1) is 13.0. The Kier molecular flexibility index (Phi) is 3.97. The van der Waals surface area contributed by atoms with Crippen LogP contribution in [0.4, 0.5) is 5.82 Å². The number of nitrogens with one attached hydrogen (secondary N) is 1. The molecule has 0 fully saturated rings. The second kappa shape index (κ2) is 5.48. The maximum absolute atomic E-state index is 4.54. The molecule has 4 heteroatoms. The summed E-state index contributed by atoms with van der Waals surface area (Å²) < 4.78 is 0. The maximum Gasteiger partial charge on any atom is 0.133 e. The molecule has 0 saturated carbocycles. The lowest BCUT2D eigenvalue weighted by Crippen LogP contribution is -2.06. The summed E-state index contributed by atoms with van der Waals surface area (Å²) in [5.41, 5.74) is 3.68. The van der Waals surface area contributed by atoms with E-state index in [1.54, 1.807) is 11.3 Å². The molecule has 0 aliphatic rings. The lowest BCUT2D eigenvalue weighted by atomic mass is 10.2. The molecule has 0 radical (unpaired) electrons. The highest BCUT2D eigenvalue weighted by atomic mass is 32.1. The van der Waals surface area contributed by atoms with Gasteiger partial charge < -0.3 is 5.32 Å². The number of nitrogens with zero attached hydrogens (tertiary/aromatic N) is 2. The molecule has 2 aromatic rings. The molecule has 0 aliphatic carbocycles. The minimum Gasteiger partial charge on any atom is -0.366 e. The van der Waals surface area contributed by atoms with Gasteiger partial charge in [-0.2, -0.15) is 11.3 Å². The molecule has 0 aliphatic heterocycles. The van der Waals surface area contributed by atoms with Gasteiger partial charge >= 0.3 is 0 Å². The first-order chi connectivity index (χ1) is 8.56. The molecule has 18 heavy (non-hydrogen) atoms. The number of thiophene rings is 1. The van der Waals surface area contributed by atoms with Gasteiger partial charge in [-0.05, 0) is 35.7 Å². The highest BCUT2D eigenvalue weighted by Crippen LogP contribution is 2.17. The molecule has 2 aromatic heterocycles. The fourth-order valence-electron chi connectivity index (χ4n) is 1.69. The van der Waals surface area contributed by atoms with Crippen LogP contribution in [0.1, 0.15) is 42.4 Å². The van der Waals surface area contributed by atoms with Crippen LogP contribution in [0.15, 0.2) is 16.8 Å². The van der Waals surface area contributed by atoms with Gasteiger partial charge in [0.25, 0.3) is 0 Å². The Balaban J connectivity index is 2.12. The predicted molar refractivity (Wildman–Crippen MR) is 77.2 cm³/mol. The molecule has 1 N–H and O–H groups in total. The molecule has 0 amide bonds. The molecule has 0 aromatic carbocycles. The van der Waals surface area contributed by atoms with Crippen molar-refractivity contribution in [2.24, 2.45) is 0 Å². The van der Waals surface area contributed by atoms with Gasteiger partial charge in [0, 0.05) is 24.2 Å². The van der Waals surface area contributed by atoms with Gasteiger partial charge in [0.15, 0.2) is 0 Å². The van der Waals surface area contributed by atoms with Crippen LogP contribution < -0.4 is 5.32 Å². The van der Waals surface area contributed by atoms with Gasteiger partial charge in [0.05, 0.1) is 0 Å². The zero-order valence-corrected chi connectivity index (χ0v) is 12.1. The normalized spacial score (nSPS) is 10.9. The van der Waals surface area contributed by atoms with Crippen LogP contribution in [0, 0.1) is 13.8 Å². The fraction of sp³-hybridized carbons (Fsp3) is 0.429. The standard InChI is InChI=1S/C14H19N3S/c1-9(2)14-16-11(4)5-13(17-14)15-6-12-8-18-7-10(12)3/h5,7-9H,6H2,1-4H3,(H,15,16,17). The quantitative estimate of drug-likeness (QED) is 0.907. The lowest BCUT2D eigenvalue weighted by Gasteiger charge is -2.10. The van der Waals surface area contributed by atoms with E-state index in [4.69, 9.17) is 0 Å². The monoisotopic (exact) mass is 261 g/mol. The topological polar surface area (TPSA) is 37.8 Å². The van der Waals surface area contributed by atoms with E-state index in [1.165, 1.54) is 11.1 Å². The van der Waals surface area contributed by atoms with E-state index in [2.05, 4.69) is 46.8 Å². The summed E-state index contributed by atoms with van der Waals surface area (Å²) in [7, 11) is 0. The lowest BCUT2D eigenvalue weighted by molar-refractivity contribution is 0.766. The van der Waals surface area contributed by atoms with Crippen molar-refractivity contribution in [3.05, 3.63) is 39.5 Å². The second-order valence-corrected chi connectivity index (χ2v) is 5.58. The number of aromatic nitrogens is 2. The zero-order valence-electron chi connectivity index (χ0n) is 11.3. The van der Waals surface area contributed by atoms with Gasteiger partial charge in [-0.1, -0.05) is 13.8 Å². The molecular formula is C14H19N3S. The van der Waals surface area contributed by atoms with E-state index >= 15 is 0 Å². The van der Waals surface area contributed by atoms with Crippen molar-refractivity contribution < 1.29 is 0 Å². The molecule has 3 nitrogen and oxygen atoms in total. The third kappa shape index (κ3) is 3.07. The van der Waals surface area contributed by atoms with Crippen molar-refractivity contribution in [2.75, 3.05) is 5.32 Å². The molecule has 0 atom stereocenters. The van der Waals surface area contributed by atoms with Crippen LogP contribution in [-0.4, -0.2) is 9.97 Å². The number of hydrogen-bond acceptors (Lipinski definition) is 4. The fourth-order valence-corrected chi connectivity index (χ4v) is 2.55. The molecule has 0 unspecified atom stereocenters. The van der Waals surface area contributed by atoms with E-state index in [-0.39, 0.29) is 0 Å². The smallest absolute Gasteiger partial charge is 0.133 e. The minimum atomic E-state index is 0.355. The van der Waals surface area contributed by atoms with E-state index in [1.807, 2.05) is 13.0 Å². The highest BCUT2D eigenvalue weighted by Gasteiger charge is 2.06. The van der Waals surface area contributed by atoms with Crippen molar-refractivity contribution >= 4 is 17.2 Å². The Labute approximate surface area is 112 Å². The average molecular weight is 261 g/mol. The van der Waals surface area contributed by atoms with Crippen molar-refractivity contribution in [1.29, 1.82) is 0 Å². The van der Waals surface area contributed by atoms with E-state index in [9.17, 15) is 0 Å². The summed E-state index contributed by atoms with van der Waals surface area (Å²) in [6, 6.07) is 1.99. The molecule has 2 rings (SSSR count). The van der Waals surface area contributed by atoms with Gasteiger partial charge in [-0.15, -0.1) is 0 Å². The molecule has 0 saturated heterocycles. The molecule has 0 bridgehead atoms. The number of anilines is 1. The average Bonchev–Trinajstić information content (AvgIpc) is 2.71. The molecular weight excluding hydrogens is 242 g/mol. The minimum absolute atomic E-state index is 0.355. The number of hydrogen-bond donors (Lipinski definition) is 1. The Hall–Kier alpha value is -1.42. The summed E-state index contributed by atoms with van der Waals surface area (Å²) in [6.07, 6.45) is 0. The van der Waals surface area contributed by atoms with E-state index in [0.29, 0.717) is 5.92 Å². The molecule has 0 spiro atoms. The highest BCUT2D eigenvalue weighted by molar-refractivity contribution is 7.08. The summed E-state index contributed by atoms with van der Waals surface area (Å²) in [4.78, 5) is 8.99. The van der Waals surface area contributed by atoms with Crippen LogP contribution in [-0.2, 0) is 6.54 Å². The van der Waals surface area contributed by atoms with Crippen molar-refractivity contribution in [2.45, 2.75) is 40.2 Å². The Morgan fingerprint density at radius 3 is 2.61 bits per heavy atom. The van der Waals surface area contributed by atoms with Gasteiger partial charge in [0.2, 0.25) is 0 Å². The summed E-state index contributed by atoms with van der Waals surface area (Å²) in [6.45, 7) is 9.19. The molecule has 96 valence electrons. The maximum atomic E-state index is 4.54. The largest absolute Gasteiger partial charge is 0.366 e. The van der Waals surface area contributed by atoms with Crippen LogP contribution in [0.3, 0.4) is 0 Å². The van der Waals surface area contributed by atoms with Crippen LogP contribution in [0.2, 0.25) is 0 Å². The SMILES string of the molecule is Cc1cc(NCc2cscc2C)nc(C(C)C)n1. The number of aryl methyl sites for hydroxylation is 2. The summed E-state index contributed by atoms with van der Waals surface area (Å²) >= 11 is 1.74. The van der Waals surface area contributed by atoms with Gasteiger partial charge in [-0.3, -0.25) is 0 Å².